The van der Waals surface area contributed by atoms with E-state index in [-0.39, 0.29) is 11.7 Å². The summed E-state index contributed by atoms with van der Waals surface area (Å²) >= 11 is 3.17. The average molecular weight is 310 g/mol. The van der Waals surface area contributed by atoms with E-state index in [0.717, 1.165) is 0 Å². The van der Waals surface area contributed by atoms with Crippen molar-refractivity contribution >= 4 is 33.6 Å². The van der Waals surface area contributed by atoms with Crippen LogP contribution in [0.3, 0.4) is 0 Å². The number of rotatable bonds is 3. The third-order valence-corrected chi connectivity index (χ3v) is 2.79. The zero-order valence-corrected chi connectivity index (χ0v) is 10.8. The van der Waals surface area contributed by atoms with Crippen molar-refractivity contribution in [3.63, 3.8) is 0 Å². The molecule has 2 aromatic rings. The molecule has 18 heavy (non-hydrogen) atoms. The Bertz CT molecular complexity index is 579. The summed E-state index contributed by atoms with van der Waals surface area (Å²) in [6.07, 6.45) is 4.41. The first-order chi connectivity index (χ1) is 8.65. The fraction of sp³-hybridized carbons (Fsp3) is 0. The maximum atomic E-state index is 12.8. The number of hydrogen-bond acceptors (Lipinski definition) is 2. The second-order valence-corrected chi connectivity index (χ2v) is 4.32. The van der Waals surface area contributed by atoms with Crippen LogP contribution in [-0.2, 0) is 4.79 Å². The van der Waals surface area contributed by atoms with Crippen LogP contribution in [-0.4, -0.2) is 5.91 Å². The number of hydrogen-bond donors (Lipinski definition) is 1. The minimum absolute atomic E-state index is 0.321. The third kappa shape index (κ3) is 3.30. The van der Waals surface area contributed by atoms with E-state index in [1.165, 1.54) is 30.5 Å². The van der Waals surface area contributed by atoms with Crippen LogP contribution in [0.2, 0.25) is 0 Å². The number of carbonyl (C=O) groups is 1. The molecule has 1 aromatic carbocycles. The molecule has 0 saturated heterocycles. The molecule has 5 heteroatoms. The Kier molecular flexibility index (Phi) is 3.94. The van der Waals surface area contributed by atoms with E-state index >= 15 is 0 Å². The van der Waals surface area contributed by atoms with Crippen LogP contribution < -0.4 is 5.32 Å². The molecule has 2 rings (SSSR count). The van der Waals surface area contributed by atoms with E-state index in [0.29, 0.717) is 15.9 Å². The Morgan fingerprint density at radius 1 is 1.39 bits per heavy atom. The van der Waals surface area contributed by atoms with Crippen molar-refractivity contribution < 1.29 is 13.6 Å². The monoisotopic (exact) mass is 309 g/mol. The standard InChI is InChI=1S/C13H9BrFNO2/c14-11-8-9(15)3-5-12(11)16-13(17)6-4-10-2-1-7-18-10/h1-8H,(H,16,17)/b6-4+. The Morgan fingerprint density at radius 2 is 2.22 bits per heavy atom. The highest BCUT2D eigenvalue weighted by Gasteiger charge is 2.04. The van der Waals surface area contributed by atoms with Gasteiger partial charge in [-0.15, -0.1) is 0 Å². The van der Waals surface area contributed by atoms with Gasteiger partial charge in [0.1, 0.15) is 11.6 Å². The van der Waals surface area contributed by atoms with Crippen LogP contribution in [0.5, 0.6) is 0 Å². The van der Waals surface area contributed by atoms with Crippen molar-refractivity contribution in [1.29, 1.82) is 0 Å². The predicted molar refractivity (Wildman–Crippen MR) is 70.5 cm³/mol. The SMILES string of the molecule is O=C(/C=C/c1ccco1)Nc1ccc(F)cc1Br. The highest BCUT2D eigenvalue weighted by molar-refractivity contribution is 9.10. The molecular formula is C13H9BrFNO2. The summed E-state index contributed by atoms with van der Waals surface area (Å²) in [6, 6.07) is 7.51. The normalized spacial score (nSPS) is 10.8. The molecule has 1 amide bonds. The summed E-state index contributed by atoms with van der Waals surface area (Å²) in [7, 11) is 0. The van der Waals surface area contributed by atoms with Gasteiger partial charge in [-0.2, -0.15) is 0 Å². The summed E-state index contributed by atoms with van der Waals surface area (Å²) in [5, 5.41) is 2.62. The second-order valence-electron chi connectivity index (χ2n) is 3.46. The molecule has 1 aromatic heterocycles. The molecule has 0 radical (unpaired) electrons. The maximum absolute atomic E-state index is 12.8. The molecule has 3 nitrogen and oxygen atoms in total. The number of nitrogens with one attached hydrogen (secondary N) is 1. The molecule has 0 aliphatic heterocycles. The summed E-state index contributed by atoms with van der Waals surface area (Å²) in [5.41, 5.74) is 0.505. The molecule has 0 saturated carbocycles. The van der Waals surface area contributed by atoms with Gasteiger partial charge in [-0.25, -0.2) is 4.39 Å². The zero-order valence-electron chi connectivity index (χ0n) is 9.19. The first kappa shape index (κ1) is 12.6. The molecule has 0 spiro atoms. The van der Waals surface area contributed by atoms with E-state index in [2.05, 4.69) is 21.2 Å². The van der Waals surface area contributed by atoms with E-state index in [1.807, 2.05) is 0 Å². The van der Waals surface area contributed by atoms with Crippen molar-refractivity contribution in [2.45, 2.75) is 0 Å². The van der Waals surface area contributed by atoms with Crippen molar-refractivity contribution in [3.8, 4) is 0 Å². The minimum atomic E-state index is -0.369. The zero-order chi connectivity index (χ0) is 13.0. The predicted octanol–water partition coefficient (Wildman–Crippen LogP) is 3.83. The number of anilines is 1. The number of halogens is 2. The van der Waals surface area contributed by atoms with Crippen LogP contribution in [0.25, 0.3) is 6.08 Å². The summed E-state index contributed by atoms with van der Waals surface area (Å²) in [5.74, 6) is -0.104. The summed E-state index contributed by atoms with van der Waals surface area (Å²) in [4.78, 5) is 11.6. The fourth-order valence-electron chi connectivity index (χ4n) is 1.31. The van der Waals surface area contributed by atoms with Gasteiger partial charge in [0.15, 0.2) is 0 Å². The molecule has 0 unspecified atom stereocenters. The van der Waals surface area contributed by atoms with Gasteiger partial charge in [-0.3, -0.25) is 4.79 Å². The Labute approximate surface area is 111 Å². The van der Waals surface area contributed by atoms with Gasteiger partial charge < -0.3 is 9.73 Å². The lowest BCUT2D eigenvalue weighted by atomic mass is 10.3. The van der Waals surface area contributed by atoms with E-state index in [4.69, 9.17) is 4.42 Å². The molecule has 0 atom stereocenters. The third-order valence-electron chi connectivity index (χ3n) is 2.13. The Morgan fingerprint density at radius 3 is 2.89 bits per heavy atom. The first-order valence-electron chi connectivity index (χ1n) is 5.13. The number of amides is 1. The highest BCUT2D eigenvalue weighted by atomic mass is 79.9. The molecule has 92 valence electrons. The van der Waals surface area contributed by atoms with Gasteiger partial charge in [-0.05, 0) is 52.3 Å². The average Bonchev–Trinajstić information content (AvgIpc) is 2.83. The quantitative estimate of drug-likeness (QED) is 0.875. The lowest BCUT2D eigenvalue weighted by Gasteiger charge is -2.04. The minimum Gasteiger partial charge on any atom is -0.465 e. The van der Waals surface area contributed by atoms with Crippen LogP contribution >= 0.6 is 15.9 Å². The van der Waals surface area contributed by atoms with Gasteiger partial charge in [0.25, 0.3) is 0 Å². The van der Waals surface area contributed by atoms with Crippen molar-refractivity contribution in [2.75, 3.05) is 5.32 Å². The summed E-state index contributed by atoms with van der Waals surface area (Å²) < 4.78 is 18.4. The highest BCUT2D eigenvalue weighted by Crippen LogP contribution is 2.22. The van der Waals surface area contributed by atoms with Crippen LogP contribution in [0.15, 0.2) is 51.6 Å². The maximum Gasteiger partial charge on any atom is 0.248 e. The lowest BCUT2D eigenvalue weighted by molar-refractivity contribution is -0.111. The molecule has 0 aliphatic rings. The molecule has 0 fully saturated rings. The molecule has 0 bridgehead atoms. The van der Waals surface area contributed by atoms with Gasteiger partial charge >= 0.3 is 0 Å². The van der Waals surface area contributed by atoms with E-state index in [9.17, 15) is 9.18 Å². The van der Waals surface area contributed by atoms with Gasteiger partial charge in [-0.1, -0.05) is 0 Å². The van der Waals surface area contributed by atoms with Crippen LogP contribution in [0, 0.1) is 5.82 Å². The van der Waals surface area contributed by atoms with Crippen molar-refractivity contribution in [2.24, 2.45) is 0 Å². The smallest absolute Gasteiger partial charge is 0.248 e. The topological polar surface area (TPSA) is 42.2 Å². The van der Waals surface area contributed by atoms with E-state index in [1.54, 1.807) is 18.2 Å². The first-order valence-corrected chi connectivity index (χ1v) is 5.92. The van der Waals surface area contributed by atoms with Crippen LogP contribution in [0.4, 0.5) is 10.1 Å². The molecule has 1 N–H and O–H groups in total. The van der Waals surface area contributed by atoms with Crippen LogP contribution in [0.1, 0.15) is 5.76 Å². The Hall–Kier alpha value is -1.88. The van der Waals surface area contributed by atoms with Crippen molar-refractivity contribution in [3.05, 3.63) is 58.7 Å². The van der Waals surface area contributed by atoms with Gasteiger partial charge in [0.05, 0.1) is 12.0 Å². The molecule has 0 aliphatic carbocycles. The van der Waals surface area contributed by atoms with Gasteiger partial charge in [0.2, 0.25) is 5.91 Å². The number of furan rings is 1. The molecular weight excluding hydrogens is 301 g/mol. The number of benzene rings is 1. The van der Waals surface area contributed by atoms with E-state index < -0.39 is 0 Å². The number of carbonyl (C=O) groups excluding carboxylic acids is 1. The van der Waals surface area contributed by atoms with Gasteiger partial charge in [0, 0.05) is 10.5 Å². The lowest BCUT2D eigenvalue weighted by Crippen LogP contribution is -2.08. The largest absolute Gasteiger partial charge is 0.465 e. The molecule has 1 heterocycles. The second kappa shape index (κ2) is 5.64. The summed E-state index contributed by atoms with van der Waals surface area (Å²) in [6.45, 7) is 0. The fourth-order valence-corrected chi connectivity index (χ4v) is 1.76. The van der Waals surface area contributed by atoms with Crippen molar-refractivity contribution in [1.82, 2.24) is 0 Å². The Balaban J connectivity index is 2.03.